The van der Waals surface area contributed by atoms with Crippen LogP contribution >= 0.6 is 0 Å². The lowest BCUT2D eigenvalue weighted by molar-refractivity contribution is -0.384. The zero-order valence-corrected chi connectivity index (χ0v) is 11.2. The minimum atomic E-state index is -0.559. The zero-order valence-electron chi connectivity index (χ0n) is 11.2. The molecule has 0 aliphatic carbocycles. The third-order valence-corrected chi connectivity index (χ3v) is 2.83. The van der Waals surface area contributed by atoms with Gasteiger partial charge in [-0.05, 0) is 18.2 Å². The number of hydrogen-bond acceptors (Lipinski definition) is 5. The van der Waals surface area contributed by atoms with Crippen molar-refractivity contribution in [3.05, 3.63) is 58.1 Å². The molecule has 0 unspecified atom stereocenters. The van der Waals surface area contributed by atoms with Crippen molar-refractivity contribution in [2.75, 3.05) is 18.2 Å². The van der Waals surface area contributed by atoms with Crippen LogP contribution in [0.15, 0.2) is 42.5 Å². The van der Waals surface area contributed by atoms with Crippen molar-refractivity contribution in [3.63, 3.8) is 0 Å². The van der Waals surface area contributed by atoms with Gasteiger partial charge in [-0.2, -0.15) is 0 Å². The van der Waals surface area contributed by atoms with E-state index in [1.54, 1.807) is 18.2 Å². The third-order valence-electron chi connectivity index (χ3n) is 2.83. The number of methoxy groups -OCH3 is 1. The fourth-order valence-electron chi connectivity index (χ4n) is 1.73. The minimum Gasteiger partial charge on any atom is -0.497 e. The summed E-state index contributed by atoms with van der Waals surface area (Å²) in [7, 11) is 1.50. The van der Waals surface area contributed by atoms with E-state index in [4.69, 9.17) is 10.5 Å². The molecule has 7 heteroatoms. The molecule has 0 saturated heterocycles. The van der Waals surface area contributed by atoms with Crippen LogP contribution in [0.3, 0.4) is 0 Å². The van der Waals surface area contributed by atoms with E-state index in [2.05, 4.69) is 5.32 Å². The van der Waals surface area contributed by atoms with Crippen molar-refractivity contribution in [3.8, 4) is 5.75 Å². The van der Waals surface area contributed by atoms with Gasteiger partial charge in [0.15, 0.2) is 0 Å². The number of nitrogen functional groups attached to an aromatic ring is 1. The summed E-state index contributed by atoms with van der Waals surface area (Å²) in [5.41, 5.74) is 6.54. The van der Waals surface area contributed by atoms with E-state index < -0.39 is 10.8 Å². The predicted octanol–water partition coefficient (Wildman–Crippen LogP) is 2.44. The first-order valence-electron chi connectivity index (χ1n) is 6.00. The van der Waals surface area contributed by atoms with Gasteiger partial charge in [-0.3, -0.25) is 14.9 Å². The van der Waals surface area contributed by atoms with Gasteiger partial charge >= 0.3 is 0 Å². The zero-order chi connectivity index (χ0) is 15.4. The summed E-state index contributed by atoms with van der Waals surface area (Å²) in [5, 5.41) is 13.3. The lowest BCUT2D eigenvalue weighted by Crippen LogP contribution is -2.13. The van der Waals surface area contributed by atoms with Crippen LogP contribution < -0.4 is 15.8 Å². The topological polar surface area (TPSA) is 107 Å². The summed E-state index contributed by atoms with van der Waals surface area (Å²) >= 11 is 0. The molecule has 0 aliphatic rings. The Bertz CT molecular complexity index is 700. The third kappa shape index (κ3) is 3.27. The van der Waals surface area contributed by atoms with Crippen molar-refractivity contribution in [1.82, 2.24) is 0 Å². The summed E-state index contributed by atoms with van der Waals surface area (Å²) in [4.78, 5) is 22.3. The first-order chi connectivity index (χ1) is 10.0. The number of carbonyl (C=O) groups is 1. The number of hydrogen-bond donors (Lipinski definition) is 2. The van der Waals surface area contributed by atoms with Gasteiger partial charge in [0.05, 0.1) is 23.4 Å². The number of benzene rings is 2. The van der Waals surface area contributed by atoms with Crippen molar-refractivity contribution < 1.29 is 14.5 Å². The number of nitro benzene ring substituents is 1. The van der Waals surface area contributed by atoms with Gasteiger partial charge < -0.3 is 15.8 Å². The number of nitrogens with two attached hydrogens (primary N) is 1. The Morgan fingerprint density at radius 3 is 2.71 bits per heavy atom. The van der Waals surface area contributed by atoms with Crippen molar-refractivity contribution >= 4 is 23.0 Å². The Hall–Kier alpha value is -3.09. The van der Waals surface area contributed by atoms with E-state index in [1.807, 2.05) is 0 Å². The maximum atomic E-state index is 12.1. The fraction of sp³-hybridized carbons (Fsp3) is 0.0714. The van der Waals surface area contributed by atoms with Gasteiger partial charge in [0.25, 0.3) is 11.6 Å². The standard InChI is InChI=1S/C14H13N3O4/c1-21-11-5-6-12(15)13(8-11)16-14(18)9-3-2-4-10(7-9)17(19)20/h2-8H,15H2,1H3,(H,16,18). The first-order valence-corrected chi connectivity index (χ1v) is 6.00. The van der Waals surface area contributed by atoms with Gasteiger partial charge in [-0.25, -0.2) is 0 Å². The second kappa shape index (κ2) is 5.91. The molecule has 0 atom stereocenters. The molecule has 2 rings (SSSR count). The van der Waals surface area contributed by atoms with Crippen molar-refractivity contribution in [1.29, 1.82) is 0 Å². The van der Waals surface area contributed by atoms with E-state index in [9.17, 15) is 14.9 Å². The second-order valence-electron chi connectivity index (χ2n) is 4.21. The lowest BCUT2D eigenvalue weighted by atomic mass is 10.1. The molecular formula is C14H13N3O4. The number of amides is 1. The summed E-state index contributed by atoms with van der Waals surface area (Å²) in [6.07, 6.45) is 0. The van der Waals surface area contributed by atoms with Gasteiger partial charge in [0, 0.05) is 23.8 Å². The van der Waals surface area contributed by atoms with Crippen LogP contribution in [0.5, 0.6) is 5.75 Å². The minimum absolute atomic E-state index is 0.152. The Morgan fingerprint density at radius 2 is 2.05 bits per heavy atom. The molecule has 0 fully saturated rings. The van der Waals surface area contributed by atoms with E-state index in [1.165, 1.54) is 31.4 Å². The molecule has 0 aromatic heterocycles. The van der Waals surface area contributed by atoms with Crippen LogP contribution in [0.4, 0.5) is 17.1 Å². The number of nitrogens with one attached hydrogen (secondary N) is 1. The molecule has 7 nitrogen and oxygen atoms in total. The Balaban J connectivity index is 2.25. The van der Waals surface area contributed by atoms with Crippen LogP contribution in [0, 0.1) is 10.1 Å². The van der Waals surface area contributed by atoms with Gasteiger partial charge in [-0.1, -0.05) is 6.07 Å². The summed E-state index contributed by atoms with van der Waals surface area (Å²) < 4.78 is 5.05. The van der Waals surface area contributed by atoms with Crippen molar-refractivity contribution in [2.45, 2.75) is 0 Å². The molecule has 0 aliphatic heterocycles. The van der Waals surface area contributed by atoms with E-state index >= 15 is 0 Å². The van der Waals surface area contributed by atoms with Crippen LogP contribution in [-0.4, -0.2) is 17.9 Å². The number of anilines is 2. The molecule has 0 bridgehead atoms. The molecule has 1 amide bonds. The van der Waals surface area contributed by atoms with E-state index in [-0.39, 0.29) is 11.3 Å². The quantitative estimate of drug-likeness (QED) is 0.510. The molecule has 3 N–H and O–H groups in total. The Labute approximate surface area is 120 Å². The average Bonchev–Trinajstić information content (AvgIpc) is 2.49. The maximum absolute atomic E-state index is 12.1. The molecule has 21 heavy (non-hydrogen) atoms. The second-order valence-corrected chi connectivity index (χ2v) is 4.21. The van der Waals surface area contributed by atoms with Crippen molar-refractivity contribution in [2.24, 2.45) is 0 Å². The van der Waals surface area contributed by atoms with E-state index in [0.29, 0.717) is 17.1 Å². The van der Waals surface area contributed by atoms with Crippen LogP contribution in [0.25, 0.3) is 0 Å². The number of nitrogens with zero attached hydrogens (tertiary/aromatic N) is 1. The number of rotatable bonds is 4. The molecule has 0 saturated carbocycles. The fourth-order valence-corrected chi connectivity index (χ4v) is 1.73. The summed E-state index contributed by atoms with van der Waals surface area (Å²) in [6.45, 7) is 0. The highest BCUT2D eigenvalue weighted by molar-refractivity contribution is 6.06. The molecular weight excluding hydrogens is 274 g/mol. The maximum Gasteiger partial charge on any atom is 0.270 e. The monoisotopic (exact) mass is 287 g/mol. The molecule has 2 aromatic carbocycles. The molecule has 108 valence electrons. The SMILES string of the molecule is COc1ccc(N)c(NC(=O)c2cccc([N+](=O)[O-])c2)c1. The largest absolute Gasteiger partial charge is 0.497 e. The molecule has 0 radical (unpaired) electrons. The van der Waals surface area contributed by atoms with E-state index in [0.717, 1.165) is 0 Å². The number of ether oxygens (including phenoxy) is 1. The highest BCUT2D eigenvalue weighted by atomic mass is 16.6. The van der Waals surface area contributed by atoms with Crippen LogP contribution in [0.2, 0.25) is 0 Å². The highest BCUT2D eigenvalue weighted by Crippen LogP contribution is 2.25. The molecule has 0 spiro atoms. The Kier molecular flexibility index (Phi) is 4.03. The highest BCUT2D eigenvalue weighted by Gasteiger charge is 2.13. The Morgan fingerprint density at radius 1 is 1.29 bits per heavy atom. The summed E-state index contributed by atoms with van der Waals surface area (Å²) in [5.74, 6) is 0.0530. The van der Waals surface area contributed by atoms with Gasteiger partial charge in [0.1, 0.15) is 5.75 Å². The summed E-state index contributed by atoms with van der Waals surface area (Å²) in [6, 6.07) is 10.3. The smallest absolute Gasteiger partial charge is 0.270 e. The predicted molar refractivity (Wildman–Crippen MR) is 78.5 cm³/mol. The first kappa shape index (κ1) is 14.3. The number of nitro groups is 1. The normalized spacial score (nSPS) is 9.95. The van der Waals surface area contributed by atoms with Crippen LogP contribution in [-0.2, 0) is 0 Å². The number of non-ortho nitro benzene ring substituents is 1. The lowest BCUT2D eigenvalue weighted by Gasteiger charge is -2.10. The molecule has 0 heterocycles. The molecule has 2 aromatic rings. The average molecular weight is 287 g/mol. The van der Waals surface area contributed by atoms with Gasteiger partial charge in [-0.15, -0.1) is 0 Å². The number of carbonyl (C=O) groups excluding carboxylic acids is 1. The van der Waals surface area contributed by atoms with Crippen LogP contribution in [0.1, 0.15) is 10.4 Å². The van der Waals surface area contributed by atoms with Gasteiger partial charge in [0.2, 0.25) is 0 Å².